The van der Waals surface area contributed by atoms with Crippen molar-refractivity contribution in [2.75, 3.05) is 33.9 Å². The number of aromatic nitrogens is 2. The Labute approximate surface area is 213 Å². The highest BCUT2D eigenvalue weighted by molar-refractivity contribution is 5.74. The van der Waals surface area contributed by atoms with Gasteiger partial charge in [0.2, 0.25) is 0 Å². The maximum Gasteiger partial charge on any atom is 0.332 e. The number of aryl methyl sites for hydroxylation is 1. The zero-order valence-corrected chi connectivity index (χ0v) is 21.8. The highest BCUT2D eigenvalue weighted by Gasteiger charge is 2.40. The number of esters is 1. The Morgan fingerprint density at radius 3 is 2.78 bits per heavy atom. The Hall–Kier alpha value is -2.77. The van der Waals surface area contributed by atoms with Crippen molar-refractivity contribution >= 4 is 17.0 Å². The number of hydrogen-bond donors (Lipinski definition) is 1. The number of para-hydroxylation sites is 2. The smallest absolute Gasteiger partial charge is 0.332 e. The first-order valence-corrected chi connectivity index (χ1v) is 12.9. The lowest BCUT2D eigenvalue weighted by Crippen LogP contribution is -2.41. The van der Waals surface area contributed by atoms with Crippen LogP contribution in [0.5, 0.6) is 0 Å². The molecule has 7 heteroatoms. The Morgan fingerprint density at radius 1 is 1.22 bits per heavy atom. The van der Waals surface area contributed by atoms with Crippen LogP contribution in [0, 0.1) is 17.7 Å². The maximum absolute atomic E-state index is 14.0. The predicted molar refractivity (Wildman–Crippen MR) is 139 cm³/mol. The van der Waals surface area contributed by atoms with Crippen molar-refractivity contribution in [2.45, 2.75) is 51.6 Å². The number of carbonyl (C=O) groups excluding carboxylic acids is 1. The molecule has 0 bridgehead atoms. The molecule has 0 spiro atoms. The number of ether oxygens (including phenoxy) is 2. The second kappa shape index (κ2) is 12.0. The number of fused-ring (bicyclic) bond motifs is 2. The number of aromatic amines is 1. The van der Waals surface area contributed by atoms with Gasteiger partial charge in [0.05, 0.1) is 11.0 Å². The van der Waals surface area contributed by atoms with Crippen LogP contribution in [0.4, 0.5) is 4.39 Å². The molecule has 3 atom stereocenters. The number of hydrogen-bond acceptors (Lipinski definition) is 5. The van der Waals surface area contributed by atoms with E-state index < -0.39 is 0 Å². The zero-order valence-electron chi connectivity index (χ0n) is 21.8. The summed E-state index contributed by atoms with van der Waals surface area (Å²) in [6.45, 7) is 6.16. The number of nitrogens with one attached hydrogen (secondary N) is 1. The molecule has 0 aliphatic heterocycles. The minimum atomic E-state index is -0.367. The number of imidazole rings is 1. The summed E-state index contributed by atoms with van der Waals surface area (Å²) < 4.78 is 24.9. The van der Waals surface area contributed by atoms with E-state index in [0.29, 0.717) is 12.3 Å². The lowest BCUT2D eigenvalue weighted by Gasteiger charge is -2.42. The number of H-pyrrole nitrogens is 1. The topological polar surface area (TPSA) is 67.5 Å². The van der Waals surface area contributed by atoms with E-state index in [1.807, 2.05) is 24.3 Å². The van der Waals surface area contributed by atoms with Gasteiger partial charge < -0.3 is 19.4 Å². The number of nitrogens with zero attached hydrogens (tertiary/aromatic N) is 2. The molecule has 1 aliphatic rings. The van der Waals surface area contributed by atoms with Crippen molar-refractivity contribution in [2.24, 2.45) is 11.8 Å². The molecule has 0 saturated heterocycles. The Bertz CT molecular complexity index is 1130. The van der Waals surface area contributed by atoms with Crippen LogP contribution >= 0.6 is 0 Å². The normalized spacial score (nSPS) is 19.7. The van der Waals surface area contributed by atoms with Gasteiger partial charge in [-0.05, 0) is 80.2 Å². The van der Waals surface area contributed by atoms with Crippen LogP contribution in [-0.4, -0.2) is 60.8 Å². The molecule has 0 radical (unpaired) electrons. The zero-order chi connectivity index (χ0) is 25.7. The molecule has 1 aliphatic carbocycles. The molecule has 0 fully saturated rings. The highest BCUT2D eigenvalue weighted by atomic mass is 19.1. The van der Waals surface area contributed by atoms with Crippen LogP contribution < -0.4 is 0 Å². The third kappa shape index (κ3) is 6.31. The van der Waals surface area contributed by atoms with Crippen LogP contribution in [-0.2, 0) is 27.1 Å². The quantitative estimate of drug-likeness (QED) is 0.374. The van der Waals surface area contributed by atoms with E-state index in [1.54, 1.807) is 12.1 Å². The lowest BCUT2D eigenvalue weighted by atomic mass is 9.67. The monoisotopic (exact) mass is 495 g/mol. The molecule has 0 saturated carbocycles. The fraction of sp³-hybridized carbons (Fsp3) is 0.517. The molecule has 36 heavy (non-hydrogen) atoms. The van der Waals surface area contributed by atoms with E-state index in [1.165, 1.54) is 12.7 Å². The third-order valence-electron chi connectivity index (χ3n) is 7.32. The minimum absolute atomic E-state index is 0.0761. The molecule has 1 heterocycles. The molecule has 3 aromatic rings. The largest absolute Gasteiger partial charge is 0.460 e. The van der Waals surface area contributed by atoms with E-state index in [2.05, 4.69) is 41.8 Å². The summed E-state index contributed by atoms with van der Waals surface area (Å²) in [6.07, 6.45) is 3.03. The van der Waals surface area contributed by atoms with Gasteiger partial charge in [0.1, 0.15) is 24.4 Å². The molecule has 0 amide bonds. The summed E-state index contributed by atoms with van der Waals surface area (Å²) in [5.74, 6) is 1.09. The Kier molecular flexibility index (Phi) is 8.75. The summed E-state index contributed by atoms with van der Waals surface area (Å²) in [7, 11) is 3.63. The molecule has 6 nitrogen and oxygen atoms in total. The van der Waals surface area contributed by atoms with Gasteiger partial charge in [0, 0.05) is 25.9 Å². The van der Waals surface area contributed by atoms with Gasteiger partial charge in [-0.25, -0.2) is 14.2 Å². The molecular formula is C29H38FN3O3. The van der Waals surface area contributed by atoms with Gasteiger partial charge >= 0.3 is 5.97 Å². The Balaban J connectivity index is 1.40. The number of rotatable bonds is 11. The number of halogens is 1. The molecule has 0 unspecified atom stereocenters. The fourth-order valence-electron chi connectivity index (χ4n) is 5.70. The van der Waals surface area contributed by atoms with Crippen molar-refractivity contribution in [1.29, 1.82) is 0 Å². The van der Waals surface area contributed by atoms with E-state index in [0.717, 1.165) is 54.8 Å². The Morgan fingerprint density at radius 2 is 2.03 bits per heavy atom. The maximum atomic E-state index is 14.0. The third-order valence-corrected chi connectivity index (χ3v) is 7.32. The van der Waals surface area contributed by atoms with Gasteiger partial charge in [-0.3, -0.25) is 0 Å². The van der Waals surface area contributed by atoms with Crippen LogP contribution in [0.1, 0.15) is 49.6 Å². The number of carbonyl (C=O) groups is 1. The highest BCUT2D eigenvalue weighted by Crippen LogP contribution is 2.44. The summed E-state index contributed by atoms with van der Waals surface area (Å²) in [6, 6.07) is 13.2. The van der Waals surface area contributed by atoms with Gasteiger partial charge in [-0.15, -0.1) is 0 Å². The van der Waals surface area contributed by atoms with Crippen LogP contribution in [0.3, 0.4) is 0 Å². The summed E-state index contributed by atoms with van der Waals surface area (Å²) in [4.78, 5) is 22.8. The molecule has 1 aromatic heterocycles. The van der Waals surface area contributed by atoms with Crippen molar-refractivity contribution in [3.8, 4) is 0 Å². The van der Waals surface area contributed by atoms with Gasteiger partial charge in [0.25, 0.3) is 0 Å². The second-order valence-corrected chi connectivity index (χ2v) is 10.3. The number of methoxy groups -OCH3 is 1. The predicted octanol–water partition coefficient (Wildman–Crippen LogP) is 5.13. The SMILES string of the molecule is COCC(=O)O[C@@H]1Cc2cc(F)ccc2[C@H](C(C)C)[C@H]1CCN(C)CCCc1nc2ccccc2[nH]1. The van der Waals surface area contributed by atoms with Gasteiger partial charge in [-0.2, -0.15) is 0 Å². The van der Waals surface area contributed by atoms with Crippen LogP contribution in [0.2, 0.25) is 0 Å². The van der Waals surface area contributed by atoms with Crippen molar-refractivity contribution in [1.82, 2.24) is 14.9 Å². The average molecular weight is 496 g/mol. The first kappa shape index (κ1) is 26.3. The standard InChI is InChI=1S/C29H38FN3O3/c1-19(2)29-22-12-11-21(30)16-20(22)17-26(36-28(34)18-35-4)23(29)13-15-33(3)14-7-10-27-31-24-8-5-6-9-25(24)32-27/h5-6,8-9,11-12,16,19,23,26,29H,7,10,13-15,17-18H2,1-4H3,(H,31,32)/t23-,26+,29-/m0/s1. The van der Waals surface area contributed by atoms with Gasteiger partial charge in [-0.1, -0.05) is 32.0 Å². The number of benzene rings is 2. The molecule has 2 aromatic carbocycles. The average Bonchev–Trinajstić information content (AvgIpc) is 3.25. The van der Waals surface area contributed by atoms with E-state index >= 15 is 0 Å². The first-order chi connectivity index (χ1) is 17.4. The van der Waals surface area contributed by atoms with Crippen molar-refractivity contribution in [3.05, 3.63) is 65.2 Å². The van der Waals surface area contributed by atoms with Crippen molar-refractivity contribution < 1.29 is 18.7 Å². The van der Waals surface area contributed by atoms with E-state index in [-0.39, 0.29) is 36.3 Å². The molecule has 194 valence electrons. The molecule has 1 N–H and O–H groups in total. The second-order valence-electron chi connectivity index (χ2n) is 10.3. The van der Waals surface area contributed by atoms with Crippen molar-refractivity contribution in [3.63, 3.8) is 0 Å². The lowest BCUT2D eigenvalue weighted by molar-refractivity contribution is -0.157. The summed E-state index contributed by atoms with van der Waals surface area (Å²) in [5.41, 5.74) is 4.21. The summed E-state index contributed by atoms with van der Waals surface area (Å²) >= 11 is 0. The van der Waals surface area contributed by atoms with Gasteiger partial charge in [0.15, 0.2) is 0 Å². The fourth-order valence-corrected chi connectivity index (χ4v) is 5.70. The molecular weight excluding hydrogens is 457 g/mol. The van der Waals surface area contributed by atoms with E-state index in [9.17, 15) is 9.18 Å². The minimum Gasteiger partial charge on any atom is -0.460 e. The van der Waals surface area contributed by atoms with Crippen LogP contribution in [0.15, 0.2) is 42.5 Å². The molecule has 4 rings (SSSR count). The van der Waals surface area contributed by atoms with E-state index in [4.69, 9.17) is 9.47 Å². The first-order valence-electron chi connectivity index (χ1n) is 12.9. The summed E-state index contributed by atoms with van der Waals surface area (Å²) in [5, 5.41) is 0. The van der Waals surface area contributed by atoms with Crippen LogP contribution in [0.25, 0.3) is 11.0 Å².